The maximum absolute atomic E-state index is 13.6. The quantitative estimate of drug-likeness (QED) is 0.498. The van der Waals surface area contributed by atoms with Gasteiger partial charge in [-0.3, -0.25) is 4.79 Å². The summed E-state index contributed by atoms with van der Waals surface area (Å²) in [4.78, 5) is 11.8. The lowest BCUT2D eigenvalue weighted by atomic mass is 9.75. The Morgan fingerprint density at radius 1 is 1.09 bits per heavy atom. The van der Waals surface area contributed by atoms with E-state index in [2.05, 4.69) is 43.4 Å². The predicted molar refractivity (Wildman–Crippen MR) is 127 cm³/mol. The third-order valence-electron chi connectivity index (χ3n) is 6.64. The van der Waals surface area contributed by atoms with Crippen molar-refractivity contribution in [1.29, 1.82) is 0 Å². The van der Waals surface area contributed by atoms with Crippen molar-refractivity contribution < 1.29 is 18.3 Å². The van der Waals surface area contributed by atoms with Gasteiger partial charge in [0.05, 0.1) is 0 Å². The average molecular weight is 459 g/mol. The molecule has 2 aromatic carbocycles. The number of halogens is 2. The molecule has 0 radical (unpaired) electrons. The van der Waals surface area contributed by atoms with E-state index in [1.165, 1.54) is 36.6 Å². The van der Waals surface area contributed by atoms with Gasteiger partial charge in [-0.1, -0.05) is 57.4 Å². The Morgan fingerprint density at radius 3 is 2.36 bits per heavy atom. The van der Waals surface area contributed by atoms with Gasteiger partial charge in [0.15, 0.2) is 0 Å². The van der Waals surface area contributed by atoms with Crippen molar-refractivity contribution in [3.05, 3.63) is 70.8 Å². The molecule has 6 heteroatoms. The zero-order chi connectivity index (χ0) is 24.0. The second kappa shape index (κ2) is 11.2. The first kappa shape index (κ1) is 25.3. The number of esters is 1. The monoisotopic (exact) mass is 458 g/mol. The molecule has 0 heterocycles. The van der Waals surface area contributed by atoms with Crippen LogP contribution in [0.3, 0.4) is 0 Å². The van der Waals surface area contributed by atoms with Gasteiger partial charge in [-0.05, 0) is 54.0 Å². The number of nitrogens with two attached hydrogens (primary N) is 1. The molecule has 1 aliphatic carbocycles. The molecular formula is C27H36F2N2O2. The zero-order valence-corrected chi connectivity index (χ0v) is 19.9. The smallest absolute Gasteiger partial charge is 0.303 e. The largest absolute Gasteiger partial charge is 0.460 e. The first-order chi connectivity index (χ1) is 15.7. The molecule has 1 unspecified atom stereocenters. The Labute approximate surface area is 195 Å². The second-order valence-electron chi connectivity index (χ2n) is 9.60. The number of carbonyl (C=O) groups excluding carboxylic acids is 1. The van der Waals surface area contributed by atoms with Gasteiger partial charge in [0.2, 0.25) is 0 Å². The van der Waals surface area contributed by atoms with Crippen molar-refractivity contribution in [2.24, 2.45) is 5.73 Å². The summed E-state index contributed by atoms with van der Waals surface area (Å²) < 4.78 is 32.8. The lowest BCUT2D eigenvalue weighted by Gasteiger charge is -2.41. The van der Waals surface area contributed by atoms with E-state index in [-0.39, 0.29) is 12.0 Å². The predicted octanol–water partition coefficient (Wildman–Crippen LogP) is 5.34. The van der Waals surface area contributed by atoms with Gasteiger partial charge < -0.3 is 15.8 Å². The van der Waals surface area contributed by atoms with Gasteiger partial charge in [0.1, 0.15) is 17.7 Å². The number of carbonyl (C=O) groups is 1. The average Bonchev–Trinajstić information content (AvgIpc) is 2.76. The van der Waals surface area contributed by atoms with Gasteiger partial charge in [-0.15, -0.1) is 0 Å². The molecule has 0 aromatic heterocycles. The van der Waals surface area contributed by atoms with Crippen LogP contribution in [0.15, 0.2) is 42.5 Å². The number of benzene rings is 2. The molecule has 0 aliphatic heterocycles. The van der Waals surface area contributed by atoms with Crippen molar-refractivity contribution in [3.63, 3.8) is 0 Å². The molecule has 1 aliphatic rings. The van der Waals surface area contributed by atoms with E-state index in [1.54, 1.807) is 0 Å². The molecule has 2 aromatic rings. The number of rotatable bonds is 9. The molecule has 180 valence electrons. The molecule has 3 N–H and O–H groups in total. The van der Waals surface area contributed by atoms with Gasteiger partial charge in [0.25, 0.3) is 0 Å². The highest BCUT2D eigenvalue weighted by molar-refractivity contribution is 5.66. The Balaban J connectivity index is 1.80. The molecule has 3 rings (SSSR count). The fourth-order valence-electron chi connectivity index (χ4n) is 4.84. The molecule has 33 heavy (non-hydrogen) atoms. The summed E-state index contributed by atoms with van der Waals surface area (Å²) in [6.45, 7) is 6.09. The van der Waals surface area contributed by atoms with Crippen molar-refractivity contribution in [2.75, 3.05) is 6.54 Å². The first-order valence-electron chi connectivity index (χ1n) is 11.9. The van der Waals surface area contributed by atoms with Gasteiger partial charge >= 0.3 is 5.97 Å². The van der Waals surface area contributed by atoms with Crippen LogP contribution in [0, 0.1) is 11.6 Å². The van der Waals surface area contributed by atoms with Crippen LogP contribution in [0.1, 0.15) is 75.5 Å². The zero-order valence-electron chi connectivity index (χ0n) is 19.9. The number of nitrogens with one attached hydrogen (secondary N) is 1. The Kier molecular flexibility index (Phi) is 8.60. The van der Waals surface area contributed by atoms with E-state index >= 15 is 0 Å². The van der Waals surface area contributed by atoms with Crippen molar-refractivity contribution in [2.45, 2.75) is 82.9 Å². The highest BCUT2D eigenvalue weighted by atomic mass is 19.1. The summed E-state index contributed by atoms with van der Waals surface area (Å²) in [5.74, 6) is -1.29. The lowest BCUT2D eigenvalue weighted by molar-refractivity contribution is -0.147. The van der Waals surface area contributed by atoms with Crippen LogP contribution < -0.4 is 11.1 Å². The van der Waals surface area contributed by atoms with E-state index in [9.17, 15) is 13.6 Å². The number of hydrogen-bond donors (Lipinski definition) is 2. The summed E-state index contributed by atoms with van der Waals surface area (Å²) in [5.41, 5.74) is 9.16. The van der Waals surface area contributed by atoms with Crippen LogP contribution in [0.4, 0.5) is 8.78 Å². The minimum absolute atomic E-state index is 0.199. The summed E-state index contributed by atoms with van der Waals surface area (Å²) in [6.07, 6.45) is 4.99. The summed E-state index contributed by atoms with van der Waals surface area (Å²) in [6, 6.07) is 11.5. The molecule has 0 saturated heterocycles. The SMILES string of the molecule is CC(=O)O[C@H](CNC1(c2cccc(C(C)C)c2)CCCCC1)C(N)Cc1cc(F)cc(F)c1. The van der Waals surface area contributed by atoms with Gasteiger partial charge in [-0.2, -0.15) is 0 Å². The fourth-order valence-corrected chi connectivity index (χ4v) is 4.84. The summed E-state index contributed by atoms with van der Waals surface area (Å²) in [7, 11) is 0. The summed E-state index contributed by atoms with van der Waals surface area (Å²) >= 11 is 0. The molecule has 1 fully saturated rings. The van der Waals surface area contributed by atoms with Crippen molar-refractivity contribution in [3.8, 4) is 0 Å². The van der Waals surface area contributed by atoms with E-state index in [0.29, 0.717) is 18.0 Å². The molecule has 0 amide bonds. The maximum Gasteiger partial charge on any atom is 0.303 e. The van der Waals surface area contributed by atoms with Crippen LogP contribution in [-0.4, -0.2) is 24.7 Å². The molecule has 1 saturated carbocycles. The maximum atomic E-state index is 13.6. The Morgan fingerprint density at radius 2 is 1.76 bits per heavy atom. The fraction of sp³-hybridized carbons (Fsp3) is 0.519. The summed E-state index contributed by atoms with van der Waals surface area (Å²) in [5, 5.41) is 3.71. The van der Waals surface area contributed by atoms with Crippen LogP contribution in [0.25, 0.3) is 0 Å². The van der Waals surface area contributed by atoms with Crippen LogP contribution >= 0.6 is 0 Å². The van der Waals surface area contributed by atoms with E-state index in [4.69, 9.17) is 10.5 Å². The standard InChI is InChI=1S/C27H36F2N2O2/c1-18(2)21-8-7-9-22(15-21)27(10-5-4-6-11-27)31-17-26(33-19(3)32)25(30)14-20-12-23(28)16-24(29)13-20/h7-9,12-13,15-16,18,25-26,31H,4-6,10-11,14,17,30H2,1-3H3/t25?,26-/m1/s1. The van der Waals surface area contributed by atoms with Crippen molar-refractivity contribution >= 4 is 5.97 Å². The molecule has 4 nitrogen and oxygen atoms in total. The molecule has 2 atom stereocenters. The first-order valence-corrected chi connectivity index (χ1v) is 11.9. The molecular weight excluding hydrogens is 422 g/mol. The minimum Gasteiger partial charge on any atom is -0.460 e. The highest BCUT2D eigenvalue weighted by Crippen LogP contribution is 2.38. The van der Waals surface area contributed by atoms with Crippen LogP contribution in [0.2, 0.25) is 0 Å². The molecule has 0 bridgehead atoms. The van der Waals surface area contributed by atoms with Gasteiger partial charge in [0, 0.05) is 31.1 Å². The highest BCUT2D eigenvalue weighted by Gasteiger charge is 2.35. The minimum atomic E-state index is -0.648. The van der Waals surface area contributed by atoms with Crippen LogP contribution in [0.5, 0.6) is 0 Å². The third kappa shape index (κ3) is 6.84. The second-order valence-corrected chi connectivity index (χ2v) is 9.60. The normalized spacial score (nSPS) is 17.5. The third-order valence-corrected chi connectivity index (χ3v) is 6.64. The van der Waals surface area contributed by atoms with E-state index < -0.39 is 29.7 Å². The van der Waals surface area contributed by atoms with Crippen molar-refractivity contribution in [1.82, 2.24) is 5.32 Å². The lowest BCUT2D eigenvalue weighted by Crippen LogP contribution is -2.52. The van der Waals surface area contributed by atoms with Gasteiger partial charge in [-0.25, -0.2) is 8.78 Å². The van der Waals surface area contributed by atoms with Crippen LogP contribution in [-0.2, 0) is 21.5 Å². The topological polar surface area (TPSA) is 64.3 Å². The number of hydrogen-bond acceptors (Lipinski definition) is 4. The number of ether oxygens (including phenoxy) is 1. The Bertz CT molecular complexity index is 921. The Hall–Kier alpha value is -2.31. The van der Waals surface area contributed by atoms with E-state index in [0.717, 1.165) is 31.7 Å². The molecule has 0 spiro atoms. The van der Waals surface area contributed by atoms with E-state index in [1.807, 2.05) is 0 Å².